The minimum Gasteiger partial charge on any atom is -0.332 e. The Bertz CT molecular complexity index is 1070. The Hall–Kier alpha value is -2.59. The molecule has 8 nitrogen and oxygen atoms in total. The van der Waals surface area contributed by atoms with Crippen LogP contribution in [-0.2, 0) is 24.2 Å². The zero-order valence-electron chi connectivity index (χ0n) is 17.1. The molecule has 0 radical (unpaired) electrons. The number of thiophene rings is 1. The van der Waals surface area contributed by atoms with Crippen molar-refractivity contribution in [1.82, 2.24) is 24.6 Å². The van der Waals surface area contributed by atoms with Gasteiger partial charge in [-0.1, -0.05) is 12.5 Å². The van der Waals surface area contributed by atoms with Crippen molar-refractivity contribution in [3.05, 3.63) is 45.1 Å². The molecule has 1 unspecified atom stereocenters. The van der Waals surface area contributed by atoms with E-state index in [-0.39, 0.29) is 24.3 Å². The molecule has 0 saturated carbocycles. The van der Waals surface area contributed by atoms with Crippen LogP contribution >= 0.6 is 22.7 Å². The number of amides is 2. The molecule has 0 aromatic carbocycles. The molecule has 31 heavy (non-hydrogen) atoms. The van der Waals surface area contributed by atoms with Gasteiger partial charge in [0.25, 0.3) is 5.91 Å². The summed E-state index contributed by atoms with van der Waals surface area (Å²) < 4.78 is 2.24. The summed E-state index contributed by atoms with van der Waals surface area (Å²) in [4.78, 5) is 32.4. The number of rotatable bonds is 5. The van der Waals surface area contributed by atoms with Crippen LogP contribution in [0.15, 0.2) is 22.9 Å². The van der Waals surface area contributed by atoms with Crippen molar-refractivity contribution in [2.24, 2.45) is 0 Å². The Morgan fingerprint density at radius 3 is 2.94 bits per heavy atom. The molecule has 2 aliphatic heterocycles. The zero-order chi connectivity index (χ0) is 21.2. The third-order valence-corrected chi connectivity index (χ3v) is 7.53. The number of aromatic nitrogens is 4. The van der Waals surface area contributed by atoms with Crippen LogP contribution in [-0.4, -0.2) is 43.0 Å². The SMILES string of the molecule is O=C(Nc1nc(CC(=O)N2CCCC2c2nnc3n2CCCCC3)cs1)c1cccs1. The fourth-order valence-electron chi connectivity index (χ4n) is 4.36. The van der Waals surface area contributed by atoms with E-state index < -0.39 is 0 Å². The summed E-state index contributed by atoms with van der Waals surface area (Å²) in [7, 11) is 0. The van der Waals surface area contributed by atoms with Gasteiger partial charge in [0.05, 0.1) is 23.0 Å². The van der Waals surface area contributed by atoms with Gasteiger partial charge in [-0.25, -0.2) is 4.98 Å². The highest BCUT2D eigenvalue weighted by atomic mass is 32.1. The van der Waals surface area contributed by atoms with Gasteiger partial charge in [-0.3, -0.25) is 14.9 Å². The van der Waals surface area contributed by atoms with E-state index in [1.807, 2.05) is 21.7 Å². The lowest BCUT2D eigenvalue weighted by Crippen LogP contribution is -2.33. The summed E-state index contributed by atoms with van der Waals surface area (Å²) in [6.07, 6.45) is 6.58. The van der Waals surface area contributed by atoms with E-state index in [0.29, 0.717) is 15.7 Å². The van der Waals surface area contributed by atoms with E-state index in [2.05, 4.69) is 25.1 Å². The minimum absolute atomic E-state index is 0.0107. The molecule has 10 heteroatoms. The minimum atomic E-state index is -0.172. The number of hydrogen-bond acceptors (Lipinski definition) is 7. The lowest BCUT2D eigenvalue weighted by atomic mass is 10.2. The smallest absolute Gasteiger partial charge is 0.267 e. The average molecular weight is 457 g/mol. The number of anilines is 1. The first-order valence-electron chi connectivity index (χ1n) is 10.7. The van der Waals surface area contributed by atoms with Crippen molar-refractivity contribution in [3.8, 4) is 0 Å². The summed E-state index contributed by atoms with van der Waals surface area (Å²) >= 11 is 2.73. The predicted octanol–water partition coefficient (Wildman–Crippen LogP) is 3.68. The second-order valence-electron chi connectivity index (χ2n) is 7.93. The number of carbonyl (C=O) groups excluding carboxylic acids is 2. The Kier molecular flexibility index (Phi) is 5.82. The summed E-state index contributed by atoms with van der Waals surface area (Å²) in [5.41, 5.74) is 0.683. The lowest BCUT2D eigenvalue weighted by molar-refractivity contribution is -0.131. The van der Waals surface area contributed by atoms with Gasteiger partial charge in [0.15, 0.2) is 11.0 Å². The molecular formula is C21H24N6O2S2. The van der Waals surface area contributed by atoms with E-state index in [0.717, 1.165) is 56.8 Å². The fraction of sp³-hybridized carbons (Fsp3) is 0.476. The normalized spacial score (nSPS) is 18.6. The second-order valence-corrected chi connectivity index (χ2v) is 9.74. The molecule has 0 bridgehead atoms. The monoisotopic (exact) mass is 456 g/mol. The van der Waals surface area contributed by atoms with E-state index in [1.54, 1.807) is 6.07 Å². The number of carbonyl (C=O) groups is 2. The van der Waals surface area contributed by atoms with Gasteiger partial charge in [0, 0.05) is 24.9 Å². The number of likely N-dealkylation sites (tertiary alicyclic amines) is 1. The largest absolute Gasteiger partial charge is 0.332 e. The van der Waals surface area contributed by atoms with Crippen LogP contribution in [0.1, 0.15) is 65.2 Å². The van der Waals surface area contributed by atoms with Gasteiger partial charge in [0.2, 0.25) is 5.91 Å². The number of thiazole rings is 1. The van der Waals surface area contributed by atoms with E-state index in [4.69, 9.17) is 0 Å². The molecule has 1 N–H and O–H groups in total. The van der Waals surface area contributed by atoms with Crippen LogP contribution < -0.4 is 5.32 Å². The maximum Gasteiger partial charge on any atom is 0.267 e. The molecule has 5 heterocycles. The van der Waals surface area contributed by atoms with Gasteiger partial charge in [0.1, 0.15) is 5.82 Å². The molecular weight excluding hydrogens is 432 g/mol. The third-order valence-electron chi connectivity index (χ3n) is 5.86. The van der Waals surface area contributed by atoms with Crippen LogP contribution in [0.5, 0.6) is 0 Å². The molecule has 2 amide bonds. The maximum absolute atomic E-state index is 13.1. The van der Waals surface area contributed by atoms with Gasteiger partial charge < -0.3 is 9.47 Å². The first kappa shape index (κ1) is 20.3. The Morgan fingerprint density at radius 2 is 2.06 bits per heavy atom. The Balaban J connectivity index is 1.26. The number of nitrogens with one attached hydrogen (secondary N) is 1. The second kappa shape index (κ2) is 8.88. The van der Waals surface area contributed by atoms with Crippen molar-refractivity contribution in [1.29, 1.82) is 0 Å². The fourth-order valence-corrected chi connectivity index (χ4v) is 5.68. The molecule has 0 spiro atoms. The standard InChI is InChI=1S/C21H24N6O2S2/c28-18(12-14-13-31-21(22-14)23-20(29)16-7-5-11-30-16)26-10-4-6-15(26)19-25-24-17-8-2-1-3-9-27(17)19/h5,7,11,13,15H,1-4,6,8-10,12H2,(H,22,23,29). The van der Waals surface area contributed by atoms with Crippen molar-refractivity contribution in [2.45, 2.75) is 57.5 Å². The van der Waals surface area contributed by atoms with Gasteiger partial charge in [-0.15, -0.1) is 32.9 Å². The average Bonchev–Trinajstić information content (AvgIpc) is 3.54. The first-order chi connectivity index (χ1) is 15.2. The molecule has 5 rings (SSSR count). The Labute approximate surface area is 188 Å². The topological polar surface area (TPSA) is 93.0 Å². The summed E-state index contributed by atoms with van der Waals surface area (Å²) in [6.45, 7) is 1.67. The molecule has 1 fully saturated rings. The molecule has 2 aliphatic rings. The van der Waals surface area contributed by atoms with Gasteiger partial charge in [-0.05, 0) is 37.1 Å². The number of aryl methyl sites for hydroxylation is 1. The van der Waals surface area contributed by atoms with E-state index in [1.165, 1.54) is 29.1 Å². The van der Waals surface area contributed by atoms with Gasteiger partial charge in [-0.2, -0.15) is 0 Å². The van der Waals surface area contributed by atoms with Crippen molar-refractivity contribution < 1.29 is 9.59 Å². The summed E-state index contributed by atoms with van der Waals surface area (Å²) in [5, 5.41) is 15.9. The number of hydrogen-bond donors (Lipinski definition) is 1. The highest BCUT2D eigenvalue weighted by Gasteiger charge is 2.34. The van der Waals surface area contributed by atoms with Crippen LogP contribution in [0.4, 0.5) is 5.13 Å². The van der Waals surface area contributed by atoms with Crippen molar-refractivity contribution in [3.63, 3.8) is 0 Å². The molecule has 0 aliphatic carbocycles. The van der Waals surface area contributed by atoms with Crippen molar-refractivity contribution >= 4 is 39.6 Å². The molecule has 3 aromatic heterocycles. The molecule has 1 saturated heterocycles. The predicted molar refractivity (Wildman–Crippen MR) is 119 cm³/mol. The number of fused-ring (bicyclic) bond motifs is 1. The van der Waals surface area contributed by atoms with Crippen LogP contribution in [0.3, 0.4) is 0 Å². The Morgan fingerprint density at radius 1 is 1.13 bits per heavy atom. The lowest BCUT2D eigenvalue weighted by Gasteiger charge is -2.24. The van der Waals surface area contributed by atoms with Crippen LogP contribution in [0, 0.1) is 0 Å². The highest BCUT2D eigenvalue weighted by molar-refractivity contribution is 7.14. The highest BCUT2D eigenvalue weighted by Crippen LogP contribution is 2.33. The third kappa shape index (κ3) is 4.27. The number of nitrogens with zero attached hydrogens (tertiary/aromatic N) is 5. The summed E-state index contributed by atoms with van der Waals surface area (Å²) in [5.74, 6) is 1.87. The van der Waals surface area contributed by atoms with E-state index >= 15 is 0 Å². The molecule has 1 atom stereocenters. The van der Waals surface area contributed by atoms with E-state index in [9.17, 15) is 9.59 Å². The molecule has 3 aromatic rings. The summed E-state index contributed by atoms with van der Waals surface area (Å²) in [6, 6.07) is 3.60. The molecule has 162 valence electrons. The van der Waals surface area contributed by atoms with Crippen molar-refractivity contribution in [2.75, 3.05) is 11.9 Å². The van der Waals surface area contributed by atoms with Crippen LogP contribution in [0.25, 0.3) is 0 Å². The zero-order valence-corrected chi connectivity index (χ0v) is 18.8. The van der Waals surface area contributed by atoms with Crippen LogP contribution in [0.2, 0.25) is 0 Å². The quantitative estimate of drug-likeness (QED) is 0.632. The van der Waals surface area contributed by atoms with Gasteiger partial charge >= 0.3 is 0 Å². The maximum atomic E-state index is 13.1. The first-order valence-corrected chi connectivity index (χ1v) is 12.5.